The first-order valence-electron chi connectivity index (χ1n) is 11.2. The summed E-state index contributed by atoms with van der Waals surface area (Å²) in [6.07, 6.45) is 3.80. The number of nitrogens with zero attached hydrogens (tertiary/aromatic N) is 1. The second kappa shape index (κ2) is 9.67. The minimum atomic E-state index is -0.291. The van der Waals surface area contributed by atoms with Gasteiger partial charge >= 0.3 is 5.63 Å². The van der Waals surface area contributed by atoms with Crippen molar-refractivity contribution >= 4 is 11.0 Å². The zero-order valence-electron chi connectivity index (χ0n) is 18.7. The highest BCUT2D eigenvalue weighted by atomic mass is 16.5. The predicted octanol–water partition coefficient (Wildman–Crippen LogP) is 4.74. The summed E-state index contributed by atoms with van der Waals surface area (Å²) in [6.45, 7) is 7.74. The van der Waals surface area contributed by atoms with E-state index in [4.69, 9.17) is 9.15 Å². The Labute approximate surface area is 184 Å². The molecule has 1 fully saturated rings. The lowest BCUT2D eigenvalue weighted by Gasteiger charge is -2.35. The summed E-state index contributed by atoms with van der Waals surface area (Å²) in [5, 5.41) is 4.63. The Hall–Kier alpha value is -2.63. The fourth-order valence-electron chi connectivity index (χ4n) is 4.53. The fourth-order valence-corrected chi connectivity index (χ4v) is 4.53. The lowest BCUT2D eigenvalue weighted by molar-refractivity contribution is 0.160. The van der Waals surface area contributed by atoms with Gasteiger partial charge in [0.1, 0.15) is 11.3 Å². The molecule has 0 spiro atoms. The van der Waals surface area contributed by atoms with Crippen LogP contribution in [-0.2, 0) is 6.54 Å². The maximum Gasteiger partial charge on any atom is 0.336 e. The topological polar surface area (TPSA) is 54.7 Å². The molecular weight excluding hydrogens is 388 g/mol. The quantitative estimate of drug-likeness (QED) is 0.560. The molecule has 2 aromatic carbocycles. The number of likely N-dealkylation sites (tertiary alicyclic amines) is 1. The number of fused-ring (bicyclic) bond motifs is 1. The van der Waals surface area contributed by atoms with E-state index in [9.17, 15) is 4.79 Å². The Balaban J connectivity index is 1.55. The molecule has 1 aromatic heterocycles. The third-order valence-electron chi connectivity index (χ3n) is 6.50. The van der Waals surface area contributed by atoms with Crippen molar-refractivity contribution in [3.05, 3.63) is 75.1 Å². The van der Waals surface area contributed by atoms with Crippen molar-refractivity contribution < 1.29 is 9.15 Å². The largest absolute Gasteiger partial charge is 0.497 e. The summed E-state index contributed by atoms with van der Waals surface area (Å²) >= 11 is 0. The van der Waals surface area contributed by atoms with E-state index in [1.165, 1.54) is 24.8 Å². The van der Waals surface area contributed by atoms with Crippen LogP contribution in [0.3, 0.4) is 0 Å². The van der Waals surface area contributed by atoms with E-state index in [0.717, 1.165) is 47.5 Å². The second-order valence-corrected chi connectivity index (χ2v) is 8.49. The van der Waals surface area contributed by atoms with E-state index in [1.807, 2.05) is 26.0 Å². The van der Waals surface area contributed by atoms with Gasteiger partial charge in [0.15, 0.2) is 0 Å². The summed E-state index contributed by atoms with van der Waals surface area (Å²) in [6, 6.07) is 14.5. The third kappa shape index (κ3) is 4.83. The van der Waals surface area contributed by atoms with Crippen molar-refractivity contribution in [2.45, 2.75) is 45.7 Å². The van der Waals surface area contributed by atoms with Gasteiger partial charge in [0, 0.05) is 30.6 Å². The second-order valence-electron chi connectivity index (χ2n) is 8.49. The van der Waals surface area contributed by atoms with Crippen molar-refractivity contribution in [3.63, 3.8) is 0 Å². The molecule has 1 N–H and O–H groups in total. The monoisotopic (exact) mass is 420 g/mol. The molecule has 3 aromatic rings. The van der Waals surface area contributed by atoms with Crippen molar-refractivity contribution in [3.8, 4) is 5.75 Å². The summed E-state index contributed by atoms with van der Waals surface area (Å²) < 4.78 is 10.9. The van der Waals surface area contributed by atoms with Gasteiger partial charge in [0.2, 0.25) is 0 Å². The molecule has 5 heteroatoms. The molecular formula is C26H32N2O3. The molecule has 1 aliphatic rings. The molecule has 31 heavy (non-hydrogen) atoms. The maximum atomic E-state index is 12.2. The normalized spacial score (nSPS) is 15.8. The standard InChI is InChI=1S/C26H32N2O3/c1-18-7-12-23-21(15-25(29)31-26(23)19(18)2)16-27-17-24(28-13-5-4-6-14-28)20-8-10-22(30-3)11-9-20/h7-12,15,24,27H,4-6,13-14,16-17H2,1-3H3/t24-/m1/s1. The van der Waals surface area contributed by atoms with Crippen LogP contribution < -0.4 is 15.7 Å². The Kier molecular flexibility index (Phi) is 6.73. The third-order valence-corrected chi connectivity index (χ3v) is 6.50. The van der Waals surface area contributed by atoms with E-state index >= 15 is 0 Å². The van der Waals surface area contributed by atoms with Crippen LogP contribution in [0.15, 0.2) is 51.7 Å². The van der Waals surface area contributed by atoms with Crippen molar-refractivity contribution in [2.24, 2.45) is 0 Å². The summed E-state index contributed by atoms with van der Waals surface area (Å²) in [5.74, 6) is 0.877. The molecule has 0 amide bonds. The van der Waals surface area contributed by atoms with Crippen LogP contribution in [0.5, 0.6) is 5.75 Å². The van der Waals surface area contributed by atoms with Crippen LogP contribution in [0.25, 0.3) is 11.0 Å². The molecule has 1 aliphatic heterocycles. The molecule has 0 saturated carbocycles. The average molecular weight is 421 g/mol. The summed E-state index contributed by atoms with van der Waals surface area (Å²) in [4.78, 5) is 14.8. The van der Waals surface area contributed by atoms with Crippen molar-refractivity contribution in [1.82, 2.24) is 10.2 Å². The highest BCUT2D eigenvalue weighted by molar-refractivity contribution is 5.83. The number of piperidine rings is 1. The van der Waals surface area contributed by atoms with E-state index in [1.54, 1.807) is 13.2 Å². The van der Waals surface area contributed by atoms with Crippen LogP contribution in [0.1, 0.15) is 47.6 Å². The van der Waals surface area contributed by atoms with E-state index in [0.29, 0.717) is 18.2 Å². The number of benzene rings is 2. The molecule has 1 saturated heterocycles. The minimum Gasteiger partial charge on any atom is -0.497 e. The van der Waals surface area contributed by atoms with Crippen LogP contribution in [0.4, 0.5) is 0 Å². The predicted molar refractivity (Wildman–Crippen MR) is 125 cm³/mol. The number of nitrogens with one attached hydrogen (secondary N) is 1. The molecule has 0 bridgehead atoms. The number of methoxy groups -OCH3 is 1. The molecule has 164 valence electrons. The van der Waals surface area contributed by atoms with Crippen molar-refractivity contribution in [2.75, 3.05) is 26.7 Å². The smallest absolute Gasteiger partial charge is 0.336 e. The highest BCUT2D eigenvalue weighted by Gasteiger charge is 2.22. The van der Waals surface area contributed by atoms with Crippen LogP contribution in [0.2, 0.25) is 0 Å². The van der Waals surface area contributed by atoms with Gasteiger partial charge in [-0.2, -0.15) is 0 Å². The molecule has 4 rings (SSSR count). The Morgan fingerprint density at radius 3 is 2.52 bits per heavy atom. The van der Waals surface area contributed by atoms with Gasteiger partial charge in [-0.05, 0) is 74.2 Å². The zero-order valence-corrected chi connectivity index (χ0v) is 18.7. The zero-order chi connectivity index (χ0) is 21.8. The number of hydrogen-bond acceptors (Lipinski definition) is 5. The van der Waals surface area contributed by atoms with E-state index < -0.39 is 0 Å². The van der Waals surface area contributed by atoms with Crippen LogP contribution in [-0.4, -0.2) is 31.6 Å². The Morgan fingerprint density at radius 1 is 1.06 bits per heavy atom. The molecule has 0 radical (unpaired) electrons. The van der Waals surface area contributed by atoms with E-state index in [-0.39, 0.29) is 5.63 Å². The van der Waals surface area contributed by atoms with Gasteiger partial charge in [-0.1, -0.05) is 30.7 Å². The van der Waals surface area contributed by atoms with Gasteiger partial charge in [-0.15, -0.1) is 0 Å². The first-order chi connectivity index (χ1) is 15.1. The fraction of sp³-hybridized carbons (Fsp3) is 0.423. The molecule has 0 unspecified atom stereocenters. The van der Waals surface area contributed by atoms with Crippen LogP contribution in [0, 0.1) is 13.8 Å². The number of aryl methyl sites for hydroxylation is 2. The molecule has 5 nitrogen and oxygen atoms in total. The van der Waals surface area contributed by atoms with Crippen LogP contribution >= 0.6 is 0 Å². The lowest BCUT2D eigenvalue weighted by Crippen LogP contribution is -2.39. The Morgan fingerprint density at radius 2 is 1.81 bits per heavy atom. The van der Waals surface area contributed by atoms with E-state index in [2.05, 4.69) is 34.5 Å². The lowest BCUT2D eigenvalue weighted by atomic mass is 10.0. The highest BCUT2D eigenvalue weighted by Crippen LogP contribution is 2.27. The SMILES string of the molecule is COc1ccc([C@@H](CNCc2cc(=O)oc3c(C)c(C)ccc23)N2CCCCC2)cc1. The van der Waals surface area contributed by atoms with Gasteiger partial charge in [-0.25, -0.2) is 4.79 Å². The average Bonchev–Trinajstić information content (AvgIpc) is 2.80. The van der Waals surface area contributed by atoms with Gasteiger partial charge in [0.05, 0.1) is 7.11 Å². The maximum absolute atomic E-state index is 12.2. The minimum absolute atomic E-state index is 0.291. The Bertz CT molecular complexity index is 1080. The van der Waals surface area contributed by atoms with Gasteiger partial charge in [0.25, 0.3) is 0 Å². The molecule has 2 heterocycles. The number of hydrogen-bond donors (Lipinski definition) is 1. The summed E-state index contributed by atoms with van der Waals surface area (Å²) in [5.41, 5.74) is 4.85. The summed E-state index contributed by atoms with van der Waals surface area (Å²) in [7, 11) is 1.70. The molecule has 1 atom stereocenters. The molecule has 0 aliphatic carbocycles. The van der Waals surface area contributed by atoms with Crippen molar-refractivity contribution in [1.29, 1.82) is 0 Å². The number of ether oxygens (including phenoxy) is 1. The first kappa shape index (κ1) is 21.6. The van der Waals surface area contributed by atoms with Gasteiger partial charge in [-0.3, -0.25) is 4.90 Å². The van der Waals surface area contributed by atoms with Gasteiger partial charge < -0.3 is 14.5 Å². The first-order valence-corrected chi connectivity index (χ1v) is 11.2. The number of rotatable bonds is 7.